The maximum atomic E-state index is 10.6. The molecule has 0 bridgehead atoms. The Morgan fingerprint density at radius 2 is 2.50 bits per heavy atom. The number of ether oxygens (including phenoxy) is 1. The molecule has 0 aliphatic carbocycles. The molecule has 1 amide bonds. The molecule has 0 aromatic carbocycles. The van der Waals surface area contributed by atoms with Gasteiger partial charge >= 0.3 is 6.09 Å². The number of hydrogen-bond acceptors (Lipinski definition) is 3. The van der Waals surface area contributed by atoms with Crippen LogP contribution in [0.2, 0.25) is 0 Å². The topological polar surface area (TPSA) is 50.4 Å². The lowest BCUT2D eigenvalue weighted by Crippen LogP contribution is -2.45. The van der Waals surface area contributed by atoms with Gasteiger partial charge in [0.05, 0.1) is 6.04 Å². The van der Waals surface area contributed by atoms with Crippen molar-refractivity contribution in [2.45, 2.75) is 18.6 Å². The molecule has 2 N–H and O–H groups in total. The van der Waals surface area contributed by atoms with Gasteiger partial charge in [-0.3, -0.25) is 0 Å². The Labute approximate surface area is 58.9 Å². The predicted molar refractivity (Wildman–Crippen MR) is 34.7 cm³/mol. The molecule has 0 radical (unpaired) electrons. The first-order valence-electron chi connectivity index (χ1n) is 3.54. The number of carbonyl (C=O) groups is 1. The van der Waals surface area contributed by atoms with Crippen LogP contribution in [0.15, 0.2) is 0 Å². The van der Waals surface area contributed by atoms with E-state index >= 15 is 0 Å². The van der Waals surface area contributed by atoms with Crippen LogP contribution in [-0.4, -0.2) is 31.3 Å². The normalized spacial score (nSPS) is 38.2. The van der Waals surface area contributed by atoms with Gasteiger partial charge in [0.1, 0.15) is 6.10 Å². The maximum Gasteiger partial charge on any atom is 0.407 e. The third-order valence-corrected chi connectivity index (χ3v) is 1.99. The minimum atomic E-state index is -0.265. The van der Waals surface area contributed by atoms with Crippen LogP contribution in [0, 0.1) is 0 Å². The maximum absolute atomic E-state index is 10.6. The summed E-state index contributed by atoms with van der Waals surface area (Å²) >= 11 is 0. The standard InChI is InChI=1S/C6H10N2O2/c9-6-8-4-1-2-7-3-5(4)10-6/h4-5,7H,1-3H2,(H,8,9)/t4-,5-/m0/s1. The highest BCUT2D eigenvalue weighted by molar-refractivity contribution is 5.70. The number of rotatable bonds is 0. The fourth-order valence-corrected chi connectivity index (χ4v) is 1.44. The smallest absolute Gasteiger partial charge is 0.407 e. The first kappa shape index (κ1) is 5.97. The van der Waals surface area contributed by atoms with E-state index in [9.17, 15) is 4.79 Å². The summed E-state index contributed by atoms with van der Waals surface area (Å²) in [5, 5.41) is 5.91. The van der Waals surface area contributed by atoms with Crippen molar-refractivity contribution in [1.82, 2.24) is 10.6 Å². The first-order chi connectivity index (χ1) is 4.86. The van der Waals surface area contributed by atoms with Gasteiger partial charge in [-0.05, 0) is 13.0 Å². The molecule has 4 nitrogen and oxygen atoms in total. The monoisotopic (exact) mass is 142 g/mol. The Morgan fingerprint density at radius 3 is 3.30 bits per heavy atom. The molecule has 2 atom stereocenters. The molecule has 2 rings (SSSR count). The zero-order valence-electron chi connectivity index (χ0n) is 5.59. The molecule has 2 fully saturated rings. The van der Waals surface area contributed by atoms with E-state index in [2.05, 4.69) is 10.6 Å². The second-order valence-electron chi connectivity index (χ2n) is 2.69. The van der Waals surface area contributed by atoms with Crippen molar-refractivity contribution in [2.24, 2.45) is 0 Å². The summed E-state index contributed by atoms with van der Waals surface area (Å²) in [7, 11) is 0. The van der Waals surface area contributed by atoms with Crippen LogP contribution in [0.1, 0.15) is 6.42 Å². The summed E-state index contributed by atoms with van der Waals surface area (Å²) in [6.45, 7) is 1.77. The largest absolute Gasteiger partial charge is 0.443 e. The van der Waals surface area contributed by atoms with Crippen LogP contribution in [0.4, 0.5) is 4.79 Å². The molecule has 2 aliphatic rings. The number of nitrogens with one attached hydrogen (secondary N) is 2. The number of hydrogen-bond donors (Lipinski definition) is 2. The molecule has 0 aromatic heterocycles. The van der Waals surface area contributed by atoms with E-state index in [-0.39, 0.29) is 18.2 Å². The summed E-state index contributed by atoms with van der Waals surface area (Å²) in [4.78, 5) is 10.6. The highest BCUT2D eigenvalue weighted by Gasteiger charge is 2.35. The summed E-state index contributed by atoms with van der Waals surface area (Å²) in [5.74, 6) is 0. The summed E-state index contributed by atoms with van der Waals surface area (Å²) in [5.41, 5.74) is 0. The number of carbonyl (C=O) groups excluding carboxylic acids is 1. The molecule has 56 valence electrons. The molecule has 2 aliphatic heterocycles. The Kier molecular flexibility index (Phi) is 1.27. The van der Waals surface area contributed by atoms with Crippen LogP contribution in [0.5, 0.6) is 0 Å². The number of fused-ring (bicyclic) bond motifs is 1. The van der Waals surface area contributed by atoms with Crippen molar-refractivity contribution in [2.75, 3.05) is 13.1 Å². The van der Waals surface area contributed by atoms with Gasteiger partial charge in [0.25, 0.3) is 0 Å². The first-order valence-corrected chi connectivity index (χ1v) is 3.54. The molecule has 0 unspecified atom stereocenters. The van der Waals surface area contributed by atoms with Crippen molar-refractivity contribution in [1.29, 1.82) is 0 Å². The molecule has 2 saturated heterocycles. The number of amides is 1. The quantitative estimate of drug-likeness (QED) is 0.477. The van der Waals surface area contributed by atoms with E-state index in [4.69, 9.17) is 4.74 Å². The van der Waals surface area contributed by atoms with Gasteiger partial charge in [-0.15, -0.1) is 0 Å². The third kappa shape index (κ3) is 0.844. The Bertz CT molecular complexity index is 144. The van der Waals surface area contributed by atoms with E-state index in [1.807, 2.05) is 0 Å². The second-order valence-corrected chi connectivity index (χ2v) is 2.69. The minimum Gasteiger partial charge on any atom is -0.443 e. The Balaban J connectivity index is 2.04. The van der Waals surface area contributed by atoms with Gasteiger partial charge in [0.2, 0.25) is 0 Å². The fraction of sp³-hybridized carbons (Fsp3) is 0.833. The van der Waals surface area contributed by atoms with Crippen molar-refractivity contribution in [3.8, 4) is 0 Å². The van der Waals surface area contributed by atoms with Crippen LogP contribution in [0.25, 0.3) is 0 Å². The summed E-state index contributed by atoms with van der Waals surface area (Å²) in [6, 6.07) is 0.258. The lowest BCUT2D eigenvalue weighted by Gasteiger charge is -2.22. The zero-order chi connectivity index (χ0) is 6.97. The van der Waals surface area contributed by atoms with Crippen molar-refractivity contribution in [3.05, 3.63) is 0 Å². The summed E-state index contributed by atoms with van der Waals surface area (Å²) < 4.78 is 4.95. The molecule has 4 heteroatoms. The van der Waals surface area contributed by atoms with Gasteiger partial charge in [-0.25, -0.2) is 4.79 Å². The van der Waals surface area contributed by atoms with Crippen molar-refractivity contribution in [3.63, 3.8) is 0 Å². The molecule has 0 spiro atoms. The van der Waals surface area contributed by atoms with E-state index in [0.29, 0.717) is 0 Å². The SMILES string of the molecule is O=C1N[C@H]2CCNC[C@@H]2O1. The van der Waals surface area contributed by atoms with E-state index < -0.39 is 0 Å². The molecule has 0 aromatic rings. The van der Waals surface area contributed by atoms with Crippen molar-refractivity contribution < 1.29 is 9.53 Å². The van der Waals surface area contributed by atoms with Gasteiger partial charge in [0.15, 0.2) is 0 Å². The van der Waals surface area contributed by atoms with E-state index in [1.165, 1.54) is 0 Å². The molecule has 0 saturated carbocycles. The van der Waals surface area contributed by atoms with Crippen LogP contribution >= 0.6 is 0 Å². The zero-order valence-corrected chi connectivity index (χ0v) is 5.59. The van der Waals surface area contributed by atoms with Gasteiger partial charge in [-0.1, -0.05) is 0 Å². The van der Waals surface area contributed by atoms with Gasteiger partial charge in [0, 0.05) is 6.54 Å². The summed E-state index contributed by atoms with van der Waals surface area (Å²) in [6.07, 6.45) is 0.788. The average Bonchev–Trinajstić information content (AvgIpc) is 2.27. The highest BCUT2D eigenvalue weighted by Crippen LogP contribution is 2.13. The van der Waals surface area contributed by atoms with Crippen LogP contribution in [0.3, 0.4) is 0 Å². The fourth-order valence-electron chi connectivity index (χ4n) is 1.44. The van der Waals surface area contributed by atoms with E-state index in [1.54, 1.807) is 0 Å². The molecule has 10 heavy (non-hydrogen) atoms. The molecular weight excluding hydrogens is 132 g/mol. The third-order valence-electron chi connectivity index (χ3n) is 1.99. The molecular formula is C6H10N2O2. The van der Waals surface area contributed by atoms with Gasteiger partial charge < -0.3 is 15.4 Å². The molecule has 2 heterocycles. The van der Waals surface area contributed by atoms with Crippen LogP contribution in [-0.2, 0) is 4.74 Å². The number of piperidine rings is 1. The lowest BCUT2D eigenvalue weighted by molar-refractivity contribution is 0.121. The van der Waals surface area contributed by atoms with E-state index in [0.717, 1.165) is 19.5 Å². The Hall–Kier alpha value is -0.770. The minimum absolute atomic E-state index is 0.0706. The highest BCUT2D eigenvalue weighted by atomic mass is 16.6. The average molecular weight is 142 g/mol. The number of alkyl carbamates (subject to hydrolysis) is 1. The predicted octanol–water partition coefficient (Wildman–Crippen LogP) is -0.543. The lowest BCUT2D eigenvalue weighted by atomic mass is 10.1. The van der Waals surface area contributed by atoms with Gasteiger partial charge in [-0.2, -0.15) is 0 Å². The van der Waals surface area contributed by atoms with Crippen LogP contribution < -0.4 is 10.6 Å². The Morgan fingerprint density at radius 1 is 1.60 bits per heavy atom. The second kappa shape index (κ2) is 2.12. The van der Waals surface area contributed by atoms with Crippen molar-refractivity contribution >= 4 is 6.09 Å².